The number of hydrogen-bond donors (Lipinski definition) is 1. The fraction of sp³-hybridized carbons (Fsp3) is 0.444. The van der Waals surface area contributed by atoms with Gasteiger partial charge in [-0.1, -0.05) is 38.0 Å². The van der Waals surface area contributed by atoms with Crippen molar-refractivity contribution in [3.8, 4) is 5.75 Å². The number of benzene rings is 2. The molecule has 0 atom stereocenters. The molecule has 2 aromatic carbocycles. The predicted molar refractivity (Wildman–Crippen MR) is 130 cm³/mol. The Kier molecular flexibility index (Phi) is 6.06. The molecule has 0 unspecified atom stereocenters. The Bertz CT molecular complexity index is 1090. The van der Waals surface area contributed by atoms with Crippen molar-refractivity contribution in [1.29, 1.82) is 0 Å². The number of hydrogen-bond acceptors (Lipinski definition) is 2. The summed E-state index contributed by atoms with van der Waals surface area (Å²) in [5.74, 6) is 1.60. The third kappa shape index (κ3) is 4.34. The molecule has 5 rings (SSSR count). The number of ether oxygens (including phenoxy) is 1. The summed E-state index contributed by atoms with van der Waals surface area (Å²) in [5.41, 5.74) is 4.56. The predicted octanol–water partition coefficient (Wildman–Crippen LogP) is 6.45. The number of nitrogens with zero attached hydrogens (tertiary/aromatic N) is 2. The monoisotopic (exact) mass is 431 g/mol. The van der Waals surface area contributed by atoms with E-state index in [1.165, 1.54) is 42.2 Å². The Morgan fingerprint density at radius 1 is 1.09 bits per heavy atom. The normalized spacial score (nSPS) is 16.7. The number of anilines is 1. The van der Waals surface area contributed by atoms with Gasteiger partial charge in [-0.3, -0.25) is 4.90 Å². The van der Waals surface area contributed by atoms with Crippen LogP contribution in [0.5, 0.6) is 5.75 Å². The van der Waals surface area contributed by atoms with E-state index in [2.05, 4.69) is 54.4 Å². The molecule has 5 nitrogen and oxygen atoms in total. The van der Waals surface area contributed by atoms with Crippen LogP contribution in [0, 0.1) is 0 Å². The van der Waals surface area contributed by atoms with E-state index >= 15 is 0 Å². The number of aromatic amines is 1. The van der Waals surface area contributed by atoms with E-state index in [4.69, 9.17) is 4.74 Å². The Hall–Kier alpha value is -2.95. The van der Waals surface area contributed by atoms with E-state index in [9.17, 15) is 4.79 Å². The van der Waals surface area contributed by atoms with Gasteiger partial charge in [0, 0.05) is 48.5 Å². The van der Waals surface area contributed by atoms with E-state index < -0.39 is 0 Å². The van der Waals surface area contributed by atoms with Crippen LogP contribution in [0.3, 0.4) is 0 Å². The Morgan fingerprint density at radius 2 is 2.00 bits per heavy atom. The quantitative estimate of drug-likeness (QED) is 0.396. The fourth-order valence-corrected chi connectivity index (χ4v) is 4.74. The molecule has 1 aromatic heterocycles. The van der Waals surface area contributed by atoms with E-state index in [-0.39, 0.29) is 6.03 Å². The maximum absolute atomic E-state index is 13.4. The molecule has 0 spiro atoms. The maximum atomic E-state index is 13.4. The van der Waals surface area contributed by atoms with Crippen LogP contribution in [-0.4, -0.2) is 35.6 Å². The minimum atomic E-state index is 0.0832. The lowest BCUT2D eigenvalue weighted by molar-refractivity contribution is 0.192. The van der Waals surface area contributed by atoms with Crippen molar-refractivity contribution in [2.45, 2.75) is 57.9 Å². The minimum Gasteiger partial charge on any atom is -0.493 e. The highest BCUT2D eigenvalue weighted by atomic mass is 16.5. The molecule has 2 fully saturated rings. The molecule has 1 saturated heterocycles. The standard InChI is InChI=1S/C27H33N3O2/c1-2-3-4-17-32-26-18-22(11-12-24(26)20-9-10-20)30-16-6-15-29(27(30)31)19-21-7-5-8-25-23(21)13-14-28-25/h5,7-8,11-14,18,20,28H,2-4,6,9-10,15-17,19H2,1H3. The molecule has 2 heterocycles. The molecule has 2 aliphatic rings. The number of carbonyl (C=O) groups excluding carboxylic acids is 1. The number of aromatic nitrogens is 1. The lowest BCUT2D eigenvalue weighted by Crippen LogP contribution is -2.49. The van der Waals surface area contributed by atoms with Crippen LogP contribution in [0.15, 0.2) is 48.7 Å². The van der Waals surface area contributed by atoms with Gasteiger partial charge in [0.15, 0.2) is 0 Å². The van der Waals surface area contributed by atoms with Crippen LogP contribution in [0.4, 0.5) is 10.5 Å². The van der Waals surface area contributed by atoms with Crippen LogP contribution in [0.1, 0.15) is 62.5 Å². The number of unbranched alkanes of at least 4 members (excludes halogenated alkanes) is 2. The van der Waals surface area contributed by atoms with Crippen molar-refractivity contribution in [3.63, 3.8) is 0 Å². The average molecular weight is 432 g/mol. The summed E-state index contributed by atoms with van der Waals surface area (Å²) in [6.07, 6.45) is 8.86. The first-order valence-electron chi connectivity index (χ1n) is 12.1. The average Bonchev–Trinajstić information content (AvgIpc) is 3.54. The summed E-state index contributed by atoms with van der Waals surface area (Å²) in [6.45, 7) is 5.13. The van der Waals surface area contributed by atoms with Gasteiger partial charge in [0.2, 0.25) is 0 Å². The van der Waals surface area contributed by atoms with Gasteiger partial charge in [-0.15, -0.1) is 0 Å². The van der Waals surface area contributed by atoms with Crippen molar-refractivity contribution in [2.24, 2.45) is 0 Å². The fourth-order valence-electron chi connectivity index (χ4n) is 4.74. The summed E-state index contributed by atoms with van der Waals surface area (Å²) in [7, 11) is 0. The lowest BCUT2D eigenvalue weighted by Gasteiger charge is -2.36. The van der Waals surface area contributed by atoms with E-state index in [0.717, 1.165) is 49.5 Å². The van der Waals surface area contributed by atoms with Crippen molar-refractivity contribution in [2.75, 3.05) is 24.6 Å². The number of urea groups is 1. The molecular formula is C27H33N3O2. The topological polar surface area (TPSA) is 48.6 Å². The minimum absolute atomic E-state index is 0.0832. The largest absolute Gasteiger partial charge is 0.493 e. The zero-order valence-corrected chi connectivity index (χ0v) is 19.0. The molecule has 0 bridgehead atoms. The summed E-state index contributed by atoms with van der Waals surface area (Å²) < 4.78 is 6.21. The van der Waals surface area contributed by atoms with Gasteiger partial charge in [0.1, 0.15) is 5.75 Å². The second kappa shape index (κ2) is 9.27. The number of H-pyrrole nitrogens is 1. The van der Waals surface area contributed by atoms with Crippen LogP contribution in [0.2, 0.25) is 0 Å². The molecule has 32 heavy (non-hydrogen) atoms. The van der Waals surface area contributed by atoms with Crippen LogP contribution in [0.25, 0.3) is 10.9 Å². The zero-order valence-electron chi connectivity index (χ0n) is 19.0. The van der Waals surface area contributed by atoms with Gasteiger partial charge in [-0.25, -0.2) is 4.79 Å². The first-order chi connectivity index (χ1) is 15.7. The second-order valence-corrected chi connectivity index (χ2v) is 9.12. The zero-order chi connectivity index (χ0) is 21.9. The summed E-state index contributed by atoms with van der Waals surface area (Å²) >= 11 is 0. The number of fused-ring (bicyclic) bond motifs is 1. The highest BCUT2D eigenvalue weighted by Gasteiger charge is 2.30. The van der Waals surface area contributed by atoms with Crippen LogP contribution >= 0.6 is 0 Å². The third-order valence-electron chi connectivity index (χ3n) is 6.69. The molecule has 5 heteroatoms. The highest BCUT2D eigenvalue weighted by molar-refractivity contribution is 5.93. The van der Waals surface area contributed by atoms with Gasteiger partial charge < -0.3 is 14.6 Å². The first-order valence-corrected chi connectivity index (χ1v) is 12.1. The van der Waals surface area contributed by atoms with Crippen molar-refractivity contribution in [1.82, 2.24) is 9.88 Å². The molecule has 1 aliphatic heterocycles. The molecule has 0 radical (unpaired) electrons. The third-order valence-corrected chi connectivity index (χ3v) is 6.69. The summed E-state index contributed by atoms with van der Waals surface area (Å²) in [4.78, 5) is 20.6. The van der Waals surface area contributed by atoms with Crippen molar-refractivity contribution < 1.29 is 9.53 Å². The SMILES string of the molecule is CCCCCOc1cc(N2CCCN(Cc3cccc4[nH]ccc34)C2=O)ccc1C1CC1. The van der Waals surface area contributed by atoms with Crippen molar-refractivity contribution >= 4 is 22.6 Å². The number of nitrogens with one attached hydrogen (secondary N) is 1. The second-order valence-electron chi connectivity index (χ2n) is 9.12. The number of carbonyl (C=O) groups is 1. The molecule has 2 amide bonds. The Balaban J connectivity index is 1.34. The highest BCUT2D eigenvalue weighted by Crippen LogP contribution is 2.45. The molecule has 1 N–H and O–H groups in total. The van der Waals surface area contributed by atoms with Gasteiger partial charge in [0.25, 0.3) is 0 Å². The van der Waals surface area contributed by atoms with Gasteiger partial charge in [-0.05, 0) is 60.9 Å². The molecule has 168 valence electrons. The van der Waals surface area contributed by atoms with E-state index in [1.54, 1.807) is 0 Å². The maximum Gasteiger partial charge on any atom is 0.324 e. The van der Waals surface area contributed by atoms with Gasteiger partial charge >= 0.3 is 6.03 Å². The molecule has 1 saturated carbocycles. The van der Waals surface area contributed by atoms with Gasteiger partial charge in [0.05, 0.1) is 6.61 Å². The smallest absolute Gasteiger partial charge is 0.324 e. The van der Waals surface area contributed by atoms with Crippen LogP contribution in [-0.2, 0) is 6.54 Å². The molecule has 1 aliphatic carbocycles. The van der Waals surface area contributed by atoms with Crippen molar-refractivity contribution in [3.05, 3.63) is 59.8 Å². The molecule has 3 aromatic rings. The Morgan fingerprint density at radius 3 is 2.84 bits per heavy atom. The number of rotatable bonds is 9. The first kappa shape index (κ1) is 20.9. The van der Waals surface area contributed by atoms with E-state index in [1.807, 2.05) is 16.0 Å². The van der Waals surface area contributed by atoms with Crippen LogP contribution < -0.4 is 9.64 Å². The van der Waals surface area contributed by atoms with E-state index in [0.29, 0.717) is 12.5 Å². The lowest BCUT2D eigenvalue weighted by atomic mass is 10.1. The molecular weight excluding hydrogens is 398 g/mol. The van der Waals surface area contributed by atoms with Gasteiger partial charge in [-0.2, -0.15) is 0 Å². The summed E-state index contributed by atoms with van der Waals surface area (Å²) in [5, 5.41) is 1.19. The summed E-state index contributed by atoms with van der Waals surface area (Å²) in [6, 6.07) is 14.8. The Labute approximate surface area is 190 Å². The number of amides is 2.